The average Bonchev–Trinajstić information content (AvgIpc) is 3.44. The molecule has 2 aromatic heterocycles. The van der Waals surface area contributed by atoms with Crippen LogP contribution in [0, 0.1) is 0 Å². The molecule has 3 aromatic rings. The van der Waals surface area contributed by atoms with Gasteiger partial charge in [0.05, 0.1) is 54.8 Å². The van der Waals surface area contributed by atoms with Crippen molar-refractivity contribution in [3.8, 4) is 0 Å². The first kappa shape index (κ1) is 24.5. The Balaban J connectivity index is 1.36. The third kappa shape index (κ3) is 4.88. The number of amidine groups is 1. The Morgan fingerprint density at radius 1 is 1.33 bits per heavy atom. The minimum Gasteiger partial charge on any atom is -0.464 e. The van der Waals surface area contributed by atoms with Gasteiger partial charge in [-0.3, -0.25) is 19.7 Å². The molecule has 11 heteroatoms. The molecule has 0 saturated carbocycles. The third-order valence-electron chi connectivity index (χ3n) is 6.42. The van der Waals surface area contributed by atoms with Gasteiger partial charge < -0.3 is 25.1 Å². The summed E-state index contributed by atoms with van der Waals surface area (Å²) < 4.78 is 11.1. The van der Waals surface area contributed by atoms with Crippen molar-refractivity contribution in [2.24, 2.45) is 4.99 Å². The molecule has 0 spiro atoms. The van der Waals surface area contributed by atoms with Gasteiger partial charge in [0.25, 0.3) is 0 Å². The van der Waals surface area contributed by atoms with Gasteiger partial charge in [0.15, 0.2) is 0 Å². The second kappa shape index (κ2) is 9.68. The number of nitrogens with zero attached hydrogens (tertiary/aromatic N) is 3. The Hall–Kier alpha value is -3.21. The monoisotopic (exact) mass is 512 g/mol. The molecule has 0 bridgehead atoms. The number of hydrogen-bond acceptors (Lipinski definition) is 8. The molecule has 2 unspecified atom stereocenters. The number of pyridine rings is 1. The van der Waals surface area contributed by atoms with E-state index in [0.29, 0.717) is 42.8 Å². The largest absolute Gasteiger partial charge is 0.464 e. The number of hydrogen-bond donors (Lipinski definition) is 3. The number of H-pyrrole nitrogens is 1. The zero-order valence-corrected chi connectivity index (χ0v) is 21.2. The number of anilines is 1. The number of aromatic nitrogens is 2. The van der Waals surface area contributed by atoms with Crippen molar-refractivity contribution in [3.63, 3.8) is 0 Å². The Bertz CT molecular complexity index is 1350. The number of rotatable bonds is 6. The van der Waals surface area contributed by atoms with E-state index < -0.39 is 17.7 Å². The van der Waals surface area contributed by atoms with Crippen LogP contribution in [0.1, 0.15) is 20.8 Å². The summed E-state index contributed by atoms with van der Waals surface area (Å²) >= 11 is 6.41. The lowest BCUT2D eigenvalue weighted by atomic mass is 10.0. The van der Waals surface area contributed by atoms with Gasteiger partial charge in [0, 0.05) is 28.5 Å². The van der Waals surface area contributed by atoms with Gasteiger partial charge in [-0.15, -0.1) is 0 Å². The quantitative estimate of drug-likeness (QED) is 0.434. The fourth-order valence-corrected chi connectivity index (χ4v) is 4.97. The topological polar surface area (TPSA) is 121 Å². The van der Waals surface area contributed by atoms with Crippen molar-refractivity contribution < 1.29 is 19.1 Å². The van der Waals surface area contributed by atoms with Gasteiger partial charge in [-0.1, -0.05) is 11.6 Å². The van der Waals surface area contributed by atoms with Gasteiger partial charge in [0.1, 0.15) is 17.9 Å². The van der Waals surface area contributed by atoms with E-state index in [1.807, 2.05) is 30.9 Å². The molecule has 2 aliphatic rings. The summed E-state index contributed by atoms with van der Waals surface area (Å²) in [6.07, 6.45) is 3.46. The van der Waals surface area contributed by atoms with Crippen LogP contribution in [0.5, 0.6) is 0 Å². The van der Waals surface area contributed by atoms with Crippen LogP contribution in [-0.4, -0.2) is 83.1 Å². The Kier molecular flexibility index (Phi) is 6.59. The lowest BCUT2D eigenvalue weighted by molar-refractivity contribution is -0.145. The average molecular weight is 513 g/mol. The van der Waals surface area contributed by atoms with Gasteiger partial charge in [-0.25, -0.2) is 4.79 Å². The lowest BCUT2D eigenvalue weighted by Crippen LogP contribution is -2.60. The van der Waals surface area contributed by atoms with E-state index >= 15 is 0 Å². The Labute approximate surface area is 213 Å². The first-order chi connectivity index (χ1) is 17.2. The number of esters is 1. The van der Waals surface area contributed by atoms with Gasteiger partial charge in [-0.05, 0) is 39.0 Å². The first-order valence-electron chi connectivity index (χ1n) is 11.9. The maximum absolute atomic E-state index is 13.6. The van der Waals surface area contributed by atoms with Crippen molar-refractivity contribution in [3.05, 3.63) is 35.6 Å². The summed E-state index contributed by atoms with van der Waals surface area (Å²) in [7, 11) is 0. The van der Waals surface area contributed by atoms with E-state index in [4.69, 9.17) is 21.1 Å². The van der Waals surface area contributed by atoms with Gasteiger partial charge >= 0.3 is 5.97 Å². The Morgan fingerprint density at radius 3 is 2.97 bits per heavy atom. The molecule has 3 N–H and O–H groups in total. The molecule has 0 radical (unpaired) electrons. The number of carbonyl (C=O) groups excluding carboxylic acids is 2. The molecule has 1 fully saturated rings. The van der Waals surface area contributed by atoms with E-state index in [-0.39, 0.29) is 18.5 Å². The number of fused-ring (bicyclic) bond motifs is 3. The van der Waals surface area contributed by atoms with Crippen LogP contribution in [0.15, 0.2) is 35.6 Å². The molecule has 190 valence electrons. The van der Waals surface area contributed by atoms with Gasteiger partial charge in [-0.2, -0.15) is 0 Å². The highest BCUT2D eigenvalue weighted by molar-refractivity contribution is 6.33. The molecule has 36 heavy (non-hydrogen) atoms. The maximum atomic E-state index is 13.6. The van der Waals surface area contributed by atoms with Gasteiger partial charge in [0.2, 0.25) is 5.91 Å². The molecule has 4 heterocycles. The second-order valence-electron chi connectivity index (χ2n) is 9.64. The minimum atomic E-state index is -0.566. The SMILES string of the molecule is CCOC(=O)C1CN=C(CN2CC(C)(C)OCC2C(=O)Nc2cc(Cl)cc3c2[nH]c2cnccc23)N1. The molecular weight excluding hydrogens is 484 g/mol. The smallest absolute Gasteiger partial charge is 0.330 e. The molecule has 1 aromatic carbocycles. The first-order valence-corrected chi connectivity index (χ1v) is 12.3. The summed E-state index contributed by atoms with van der Waals surface area (Å²) in [5, 5.41) is 8.59. The summed E-state index contributed by atoms with van der Waals surface area (Å²) in [6.45, 7) is 7.48. The van der Waals surface area contributed by atoms with Crippen molar-refractivity contribution >= 4 is 56.8 Å². The minimum absolute atomic E-state index is 0.216. The number of aromatic amines is 1. The number of halogens is 1. The van der Waals surface area contributed by atoms with Crippen LogP contribution in [-0.2, 0) is 19.1 Å². The second-order valence-corrected chi connectivity index (χ2v) is 10.1. The fraction of sp³-hybridized carbons (Fsp3) is 0.440. The normalized spacial score (nSPS) is 21.8. The van der Waals surface area contributed by atoms with E-state index in [1.54, 1.807) is 25.4 Å². The van der Waals surface area contributed by atoms with E-state index in [9.17, 15) is 9.59 Å². The lowest BCUT2D eigenvalue weighted by Gasteiger charge is -2.42. The van der Waals surface area contributed by atoms with Crippen LogP contribution in [0.4, 0.5) is 5.69 Å². The highest BCUT2D eigenvalue weighted by Crippen LogP contribution is 2.33. The summed E-state index contributed by atoms with van der Waals surface area (Å²) in [5.74, 6) is 0.106. The number of aliphatic imine (C=N–C) groups is 1. The molecule has 1 amide bonds. The third-order valence-corrected chi connectivity index (χ3v) is 6.64. The molecule has 0 aliphatic carbocycles. The van der Waals surface area contributed by atoms with E-state index in [2.05, 4.69) is 25.6 Å². The molecular formula is C25H29ClN6O4. The predicted molar refractivity (Wildman–Crippen MR) is 138 cm³/mol. The predicted octanol–water partition coefficient (Wildman–Crippen LogP) is 2.72. The standard InChI is InChI=1S/C25H29ClN6O4/c1-4-35-24(34)19-10-28-21(29-19)11-32-13-25(2,3)36-12-20(32)23(33)31-17-8-14(26)7-16-15-5-6-27-9-18(15)30-22(16)17/h5-9,19-20,30H,4,10-13H2,1-3H3,(H,28,29)(H,31,33). The van der Waals surface area contributed by atoms with Crippen LogP contribution in [0.3, 0.4) is 0 Å². The zero-order chi connectivity index (χ0) is 25.4. The molecule has 2 aliphatic heterocycles. The number of amides is 1. The number of nitrogens with one attached hydrogen (secondary N) is 3. The highest BCUT2D eigenvalue weighted by atomic mass is 35.5. The molecule has 1 saturated heterocycles. The van der Waals surface area contributed by atoms with Crippen molar-refractivity contribution in [2.75, 3.05) is 38.2 Å². The highest BCUT2D eigenvalue weighted by Gasteiger charge is 2.39. The molecule has 10 nitrogen and oxygen atoms in total. The number of ether oxygens (including phenoxy) is 2. The fourth-order valence-electron chi connectivity index (χ4n) is 4.75. The molecule has 2 atom stereocenters. The van der Waals surface area contributed by atoms with Crippen LogP contribution in [0.2, 0.25) is 5.02 Å². The van der Waals surface area contributed by atoms with Crippen molar-refractivity contribution in [2.45, 2.75) is 38.5 Å². The summed E-state index contributed by atoms with van der Waals surface area (Å²) in [6, 6.07) is 4.44. The van der Waals surface area contributed by atoms with E-state index in [1.165, 1.54) is 0 Å². The number of benzene rings is 1. The number of carbonyl (C=O) groups is 2. The summed E-state index contributed by atoms with van der Waals surface area (Å²) in [5.41, 5.74) is 1.78. The summed E-state index contributed by atoms with van der Waals surface area (Å²) in [4.78, 5) is 39.7. The Morgan fingerprint density at radius 2 is 2.17 bits per heavy atom. The maximum Gasteiger partial charge on any atom is 0.330 e. The van der Waals surface area contributed by atoms with Crippen molar-refractivity contribution in [1.29, 1.82) is 0 Å². The van der Waals surface area contributed by atoms with Crippen LogP contribution in [0.25, 0.3) is 21.8 Å². The van der Waals surface area contributed by atoms with E-state index in [0.717, 1.165) is 21.8 Å². The van der Waals surface area contributed by atoms with Crippen LogP contribution < -0.4 is 10.6 Å². The molecule has 5 rings (SSSR count). The van der Waals surface area contributed by atoms with Crippen LogP contribution >= 0.6 is 11.6 Å². The number of morpholine rings is 1. The van der Waals surface area contributed by atoms with Crippen molar-refractivity contribution in [1.82, 2.24) is 20.2 Å². The zero-order valence-electron chi connectivity index (χ0n) is 20.4.